The maximum Gasteiger partial charge on any atom is 0.414 e. The number of nitrogens with zero attached hydrogens (tertiary/aromatic N) is 2. The highest BCUT2D eigenvalue weighted by atomic mass is 19.1. The third-order valence-electron chi connectivity index (χ3n) is 14.5. The van der Waals surface area contributed by atoms with Gasteiger partial charge in [0.15, 0.2) is 0 Å². The summed E-state index contributed by atoms with van der Waals surface area (Å²) in [7, 11) is 0. The Kier molecular flexibility index (Phi) is 23.2. The molecule has 468 valence electrons. The average Bonchev–Trinajstić information content (AvgIpc) is 1.50. The van der Waals surface area contributed by atoms with Crippen LogP contribution >= 0.6 is 0 Å². The van der Waals surface area contributed by atoms with E-state index in [4.69, 9.17) is 30.4 Å². The van der Waals surface area contributed by atoms with Crippen LogP contribution in [0.15, 0.2) is 133 Å². The van der Waals surface area contributed by atoms with Crippen LogP contribution in [0.5, 0.6) is 0 Å². The lowest BCUT2D eigenvalue weighted by Gasteiger charge is -2.35. The van der Waals surface area contributed by atoms with Crippen LogP contribution < -0.4 is 31.9 Å². The van der Waals surface area contributed by atoms with Crippen molar-refractivity contribution in [2.75, 3.05) is 36.0 Å². The molecule has 3 heterocycles. The van der Waals surface area contributed by atoms with Crippen LogP contribution in [0.1, 0.15) is 132 Å². The Hall–Kier alpha value is -7.35. The largest absolute Gasteiger partial charge is 0.444 e. The highest BCUT2D eigenvalue weighted by molar-refractivity contribution is 5.90. The van der Waals surface area contributed by atoms with Gasteiger partial charge in [0, 0.05) is 49.9 Å². The number of amides is 3. The second-order valence-corrected chi connectivity index (χ2v) is 26.1. The van der Waals surface area contributed by atoms with Crippen LogP contribution in [-0.2, 0) is 57.8 Å². The average molecular weight is 1200 g/mol. The summed E-state index contributed by atoms with van der Waals surface area (Å²) in [5.74, 6) is -2.63. The van der Waals surface area contributed by atoms with E-state index in [1.165, 1.54) is 29.8 Å². The first-order chi connectivity index (χ1) is 41.0. The van der Waals surface area contributed by atoms with Crippen LogP contribution in [-0.4, -0.2) is 79.5 Å². The van der Waals surface area contributed by atoms with Gasteiger partial charge < -0.3 is 46.2 Å². The minimum absolute atomic E-state index is 0.0388. The maximum absolute atomic E-state index is 13.6. The molecular formula is C69H86F4N6O8. The van der Waals surface area contributed by atoms with Gasteiger partial charge in [-0.3, -0.25) is 9.80 Å². The van der Waals surface area contributed by atoms with Gasteiger partial charge in [-0.2, -0.15) is 0 Å². The number of carbonyl (C=O) groups excluding carboxylic acids is 3. The normalized spacial score (nSPS) is 17.4. The van der Waals surface area contributed by atoms with Gasteiger partial charge in [0.2, 0.25) is 0 Å². The molecule has 7 N–H and O–H groups in total. The number of aliphatic hydroxyl groups excluding tert-OH is 1. The van der Waals surface area contributed by atoms with Crippen molar-refractivity contribution in [2.45, 2.75) is 156 Å². The quantitative estimate of drug-likeness (QED) is 0.0352. The van der Waals surface area contributed by atoms with Gasteiger partial charge in [-0.25, -0.2) is 31.9 Å². The van der Waals surface area contributed by atoms with Crippen molar-refractivity contribution in [1.29, 1.82) is 0 Å². The molecule has 0 radical (unpaired) electrons. The number of alkyl carbamates (subject to hydrolysis) is 1. The summed E-state index contributed by atoms with van der Waals surface area (Å²) in [5, 5.41) is 16.9. The molecule has 14 nitrogen and oxygen atoms in total. The molecule has 3 aliphatic rings. The molecule has 0 saturated carbocycles. The minimum Gasteiger partial charge on any atom is -0.444 e. The summed E-state index contributed by atoms with van der Waals surface area (Å²) in [6.07, 6.45) is 1.23. The fraction of sp³-hybridized carbons (Fsp3) is 0.435. The van der Waals surface area contributed by atoms with Crippen LogP contribution in [0.2, 0.25) is 0 Å². The van der Waals surface area contributed by atoms with Crippen LogP contribution in [0, 0.1) is 34.1 Å². The fourth-order valence-electron chi connectivity index (χ4n) is 10.5. The molecule has 0 spiro atoms. The number of epoxide rings is 1. The van der Waals surface area contributed by atoms with Crippen LogP contribution in [0.25, 0.3) is 0 Å². The van der Waals surface area contributed by atoms with E-state index in [0.29, 0.717) is 37.2 Å². The topological polar surface area (TPSA) is 194 Å². The lowest BCUT2D eigenvalue weighted by atomic mass is 9.86. The number of nitrogens with one attached hydrogen (secondary N) is 2. The Morgan fingerprint density at radius 1 is 0.609 bits per heavy atom. The second kappa shape index (κ2) is 30.0. The van der Waals surface area contributed by atoms with Crippen LogP contribution in [0.4, 0.5) is 43.3 Å². The van der Waals surface area contributed by atoms with Crippen molar-refractivity contribution in [3.63, 3.8) is 0 Å². The minimum atomic E-state index is -0.943. The molecule has 9 rings (SSSR count). The number of nitrogens with two attached hydrogens (primary N) is 2. The molecule has 6 aromatic carbocycles. The number of fused-ring (bicyclic) bond motifs is 2. The molecule has 3 amide bonds. The Bertz CT molecular complexity index is 3200. The van der Waals surface area contributed by atoms with Gasteiger partial charge in [-0.05, 0) is 151 Å². The standard InChI is InChI=1S/C32H39F2N3O3.C22H28N2O2.C15H19F2NO3/c1-32(2,3)18-22-9-10-29-26(15-22)28(11-12-37(29)31(39)40-20-21-7-5-4-6-8-21)36-19-30(38)27(35)16-23-13-24(33)17-25(34)14-23;1-22(2,3)14-17-9-10-20-18(13-17)19(23)11-12-24(20)21(25)26-15-16-7-5-4-6-8-16;1-15(2,3)21-14(19)18-12(13-8-20-13)6-9-4-10(16)7-11(17)5-9/h4-10,13-15,17,27-28,30,36,38H,11-12,16,18-20,35H2,1-3H3;4-10,13,19H,11-12,14-15,23H2,1-3H3;4-5,7,12-13H,6,8H2,1-3H3,(H,18,19)/t27-,28?,30+;;12-,13+/m0.0/s1. The third kappa shape index (κ3) is 21.8. The van der Waals surface area contributed by atoms with Gasteiger partial charge in [0.1, 0.15) is 48.2 Å². The molecule has 18 heteroatoms. The zero-order valence-corrected chi connectivity index (χ0v) is 51.5. The molecular weight excluding hydrogens is 1120 g/mol. The van der Waals surface area contributed by atoms with E-state index in [0.717, 1.165) is 70.6 Å². The lowest BCUT2D eigenvalue weighted by Crippen LogP contribution is -2.46. The molecule has 0 aliphatic carbocycles. The van der Waals surface area contributed by atoms with E-state index in [2.05, 4.69) is 70.4 Å². The van der Waals surface area contributed by atoms with E-state index < -0.39 is 53.2 Å². The van der Waals surface area contributed by atoms with Crippen molar-refractivity contribution in [3.05, 3.63) is 201 Å². The van der Waals surface area contributed by atoms with Crippen molar-refractivity contribution >= 4 is 29.7 Å². The van der Waals surface area contributed by atoms with E-state index in [1.807, 2.05) is 78.9 Å². The number of aliphatic hydroxyl groups is 1. The number of carbonyl (C=O) groups is 3. The zero-order valence-electron chi connectivity index (χ0n) is 51.5. The highest BCUT2D eigenvalue weighted by Gasteiger charge is 2.36. The van der Waals surface area contributed by atoms with Gasteiger partial charge in [0.25, 0.3) is 0 Å². The van der Waals surface area contributed by atoms with E-state index in [9.17, 15) is 37.1 Å². The summed E-state index contributed by atoms with van der Waals surface area (Å²) in [5.41, 5.74) is 21.0. The van der Waals surface area contributed by atoms with Crippen molar-refractivity contribution in [2.24, 2.45) is 22.3 Å². The third-order valence-corrected chi connectivity index (χ3v) is 14.5. The predicted octanol–water partition coefficient (Wildman–Crippen LogP) is 13.3. The van der Waals surface area contributed by atoms with Gasteiger partial charge in [-0.1, -0.05) is 126 Å². The molecule has 0 aromatic heterocycles. The molecule has 3 aliphatic heterocycles. The van der Waals surface area contributed by atoms with Gasteiger partial charge in [0.05, 0.1) is 30.1 Å². The Balaban J connectivity index is 0.000000198. The molecule has 2 unspecified atom stereocenters. The number of hydrogen-bond donors (Lipinski definition) is 5. The molecule has 87 heavy (non-hydrogen) atoms. The highest BCUT2D eigenvalue weighted by Crippen LogP contribution is 2.38. The second-order valence-electron chi connectivity index (χ2n) is 26.1. The Labute approximate surface area is 509 Å². The van der Waals surface area contributed by atoms with Crippen molar-refractivity contribution in [1.82, 2.24) is 10.6 Å². The molecule has 1 fully saturated rings. The monoisotopic (exact) mass is 1200 g/mol. The predicted molar refractivity (Wildman–Crippen MR) is 331 cm³/mol. The van der Waals surface area contributed by atoms with Crippen molar-refractivity contribution in [3.8, 4) is 0 Å². The Morgan fingerprint density at radius 3 is 1.52 bits per heavy atom. The first-order valence-corrected chi connectivity index (χ1v) is 29.7. The van der Waals surface area contributed by atoms with E-state index >= 15 is 0 Å². The van der Waals surface area contributed by atoms with E-state index in [-0.39, 0.29) is 73.8 Å². The SMILES string of the molecule is CC(C)(C)Cc1ccc2c(c1)C(N)CCN2C(=O)OCc1ccccc1.CC(C)(C)Cc1ccc2c(c1)C(NC[C@@H](O)[C@@H](N)Cc1cc(F)cc(F)c1)CCN2C(=O)OCc1ccccc1.CC(C)(C)OC(=O)N[C@@H](Cc1cc(F)cc(F)c1)[C@H]1CO1. The Morgan fingerprint density at radius 2 is 1.06 bits per heavy atom. The molecule has 0 bridgehead atoms. The fourth-order valence-corrected chi connectivity index (χ4v) is 10.5. The molecule has 6 aromatic rings. The zero-order chi connectivity index (χ0) is 63.2. The first-order valence-electron chi connectivity index (χ1n) is 29.7. The van der Waals surface area contributed by atoms with Gasteiger partial charge >= 0.3 is 18.3 Å². The molecule has 1 saturated heterocycles. The maximum atomic E-state index is 13.6. The van der Waals surface area contributed by atoms with Crippen LogP contribution in [0.3, 0.4) is 0 Å². The first kappa shape index (κ1) is 67.2. The smallest absolute Gasteiger partial charge is 0.414 e. The van der Waals surface area contributed by atoms with Crippen molar-refractivity contribution < 1.29 is 56.0 Å². The number of hydrogen-bond acceptors (Lipinski definition) is 11. The number of benzene rings is 6. The summed E-state index contributed by atoms with van der Waals surface area (Å²) in [4.78, 5) is 40.9. The lowest BCUT2D eigenvalue weighted by molar-refractivity contribution is 0.0494. The number of anilines is 2. The number of rotatable bonds is 16. The molecule has 6 atom stereocenters. The summed E-state index contributed by atoms with van der Waals surface area (Å²) >= 11 is 0. The summed E-state index contributed by atoms with van der Waals surface area (Å²) in [6, 6.07) is 37.0. The number of halogens is 4. The number of ether oxygens (including phenoxy) is 4. The van der Waals surface area contributed by atoms with Gasteiger partial charge in [-0.15, -0.1) is 0 Å². The summed E-state index contributed by atoms with van der Waals surface area (Å²) < 4.78 is 75.0. The van der Waals surface area contributed by atoms with E-state index in [1.54, 1.807) is 30.6 Å². The summed E-state index contributed by atoms with van der Waals surface area (Å²) in [6.45, 7) is 20.7.